The second-order valence-electron chi connectivity index (χ2n) is 3.69. The van der Waals surface area contributed by atoms with Crippen LogP contribution in [-0.4, -0.2) is 36.5 Å². The molecule has 0 spiro atoms. The van der Waals surface area contributed by atoms with E-state index in [4.69, 9.17) is 5.11 Å². The van der Waals surface area contributed by atoms with Gasteiger partial charge in [-0.2, -0.15) is 5.10 Å². The molecule has 102 valence electrons. The van der Waals surface area contributed by atoms with E-state index in [1.165, 1.54) is 24.4 Å². The Morgan fingerprint density at radius 3 is 2.79 bits per heavy atom. The highest BCUT2D eigenvalue weighted by molar-refractivity contribution is 7.89. The van der Waals surface area contributed by atoms with Crippen molar-refractivity contribution in [2.75, 3.05) is 13.2 Å². The monoisotopic (exact) mass is 285 g/mol. The van der Waals surface area contributed by atoms with Crippen LogP contribution in [0.3, 0.4) is 0 Å². The summed E-state index contributed by atoms with van der Waals surface area (Å²) in [6.07, 6.45) is 2.32. The van der Waals surface area contributed by atoms with E-state index in [9.17, 15) is 12.8 Å². The minimum Gasteiger partial charge on any atom is -0.395 e. The lowest BCUT2D eigenvalue weighted by molar-refractivity contribution is 0.301. The fourth-order valence-electron chi connectivity index (χ4n) is 1.48. The molecule has 1 aromatic carbocycles. The van der Waals surface area contributed by atoms with Gasteiger partial charge in [-0.3, -0.25) is 0 Å². The number of aliphatic hydroxyl groups excluding tert-OH is 1. The Bertz CT molecular complexity index is 669. The lowest BCUT2D eigenvalue weighted by Gasteiger charge is -2.03. The average molecular weight is 285 g/mol. The van der Waals surface area contributed by atoms with Crippen molar-refractivity contribution >= 4 is 10.0 Å². The molecule has 0 unspecified atom stereocenters. The summed E-state index contributed by atoms with van der Waals surface area (Å²) in [7, 11) is -3.74. The zero-order valence-corrected chi connectivity index (χ0v) is 10.6. The molecule has 0 saturated carbocycles. The number of para-hydroxylation sites is 1. The Morgan fingerprint density at radius 1 is 1.37 bits per heavy atom. The Labute approximate surface area is 109 Å². The van der Waals surface area contributed by atoms with E-state index < -0.39 is 15.8 Å². The Morgan fingerprint density at radius 2 is 2.11 bits per heavy atom. The molecule has 1 heterocycles. The predicted molar refractivity (Wildman–Crippen MR) is 65.8 cm³/mol. The van der Waals surface area contributed by atoms with E-state index >= 15 is 0 Å². The van der Waals surface area contributed by atoms with Crippen LogP contribution in [0.5, 0.6) is 0 Å². The van der Waals surface area contributed by atoms with Crippen LogP contribution in [0.2, 0.25) is 0 Å². The van der Waals surface area contributed by atoms with Gasteiger partial charge in [-0.15, -0.1) is 0 Å². The summed E-state index contributed by atoms with van der Waals surface area (Å²) in [6.45, 7) is -0.395. The van der Waals surface area contributed by atoms with Gasteiger partial charge in [0.25, 0.3) is 0 Å². The fourth-order valence-corrected chi connectivity index (χ4v) is 2.43. The first-order chi connectivity index (χ1) is 9.04. The van der Waals surface area contributed by atoms with Gasteiger partial charge in [-0.1, -0.05) is 12.1 Å². The first-order valence-corrected chi connectivity index (χ1v) is 6.93. The van der Waals surface area contributed by atoms with Crippen LogP contribution in [-0.2, 0) is 10.0 Å². The van der Waals surface area contributed by atoms with Crippen molar-refractivity contribution in [3.63, 3.8) is 0 Å². The zero-order valence-electron chi connectivity index (χ0n) is 9.82. The lowest BCUT2D eigenvalue weighted by Crippen LogP contribution is -2.26. The highest BCUT2D eigenvalue weighted by atomic mass is 32.2. The summed E-state index contributed by atoms with van der Waals surface area (Å²) in [5.41, 5.74) is 0.158. The van der Waals surface area contributed by atoms with Crippen molar-refractivity contribution in [2.24, 2.45) is 0 Å². The summed E-state index contributed by atoms with van der Waals surface area (Å²) >= 11 is 0. The van der Waals surface area contributed by atoms with Crippen LogP contribution in [0.25, 0.3) is 5.69 Å². The van der Waals surface area contributed by atoms with E-state index in [0.717, 1.165) is 10.9 Å². The van der Waals surface area contributed by atoms with E-state index in [1.807, 2.05) is 0 Å². The molecule has 0 aliphatic heterocycles. The molecular weight excluding hydrogens is 273 g/mol. The molecule has 0 aliphatic carbocycles. The third-order valence-electron chi connectivity index (χ3n) is 2.37. The molecule has 6 nitrogen and oxygen atoms in total. The van der Waals surface area contributed by atoms with E-state index in [0.29, 0.717) is 0 Å². The molecule has 19 heavy (non-hydrogen) atoms. The third-order valence-corrected chi connectivity index (χ3v) is 3.79. The molecule has 0 atom stereocenters. The fraction of sp³-hybridized carbons (Fsp3) is 0.182. The van der Waals surface area contributed by atoms with Gasteiger partial charge in [0.1, 0.15) is 16.4 Å². The van der Waals surface area contributed by atoms with Crippen LogP contribution >= 0.6 is 0 Å². The van der Waals surface area contributed by atoms with E-state index in [1.54, 1.807) is 6.07 Å². The standard InChI is InChI=1S/C11H12FN3O3S/c12-10-3-1-2-4-11(10)15-8-9(7-13-15)19(17,18)14-5-6-16/h1-4,7-8,14,16H,5-6H2. The normalized spacial score (nSPS) is 11.7. The van der Waals surface area contributed by atoms with E-state index in [2.05, 4.69) is 9.82 Å². The van der Waals surface area contributed by atoms with Crippen LogP contribution in [0.1, 0.15) is 0 Å². The summed E-state index contributed by atoms with van der Waals surface area (Å²) < 4.78 is 40.3. The number of nitrogens with zero attached hydrogens (tertiary/aromatic N) is 2. The molecule has 0 aliphatic rings. The van der Waals surface area contributed by atoms with Gasteiger partial charge in [0.15, 0.2) is 0 Å². The van der Waals surface area contributed by atoms with E-state index in [-0.39, 0.29) is 23.7 Å². The predicted octanol–water partition coefficient (Wildman–Crippen LogP) is 0.282. The summed E-state index contributed by atoms with van der Waals surface area (Å²) in [6, 6.07) is 5.90. The van der Waals surface area contributed by atoms with Crippen LogP contribution < -0.4 is 4.72 Å². The van der Waals surface area contributed by atoms with Gasteiger partial charge in [0, 0.05) is 6.54 Å². The van der Waals surface area contributed by atoms with Gasteiger partial charge in [0.2, 0.25) is 10.0 Å². The van der Waals surface area contributed by atoms with Gasteiger partial charge in [-0.25, -0.2) is 22.2 Å². The molecule has 1 aromatic heterocycles. The maximum atomic E-state index is 13.5. The summed E-state index contributed by atoms with van der Waals surface area (Å²) in [5.74, 6) is -0.502. The second-order valence-corrected chi connectivity index (χ2v) is 5.46. The topological polar surface area (TPSA) is 84.2 Å². The molecule has 0 amide bonds. The number of sulfonamides is 1. The second kappa shape index (κ2) is 5.47. The van der Waals surface area contributed by atoms with Crippen LogP contribution in [0.15, 0.2) is 41.6 Å². The maximum Gasteiger partial charge on any atom is 0.243 e. The molecule has 0 fully saturated rings. The quantitative estimate of drug-likeness (QED) is 0.826. The van der Waals surface area contributed by atoms with Crippen molar-refractivity contribution in [3.8, 4) is 5.69 Å². The number of nitrogens with one attached hydrogen (secondary N) is 1. The third kappa shape index (κ3) is 2.98. The van der Waals surface area contributed by atoms with Crippen LogP contribution in [0, 0.1) is 5.82 Å². The van der Waals surface area contributed by atoms with Crippen molar-refractivity contribution in [2.45, 2.75) is 4.90 Å². The van der Waals surface area contributed by atoms with Crippen molar-refractivity contribution in [1.29, 1.82) is 0 Å². The van der Waals surface area contributed by atoms with Crippen molar-refractivity contribution < 1.29 is 17.9 Å². The molecule has 0 saturated heterocycles. The molecule has 2 rings (SSSR count). The number of rotatable bonds is 5. The lowest BCUT2D eigenvalue weighted by atomic mass is 10.3. The van der Waals surface area contributed by atoms with Gasteiger partial charge in [-0.05, 0) is 12.1 Å². The van der Waals surface area contributed by atoms with Crippen LogP contribution in [0.4, 0.5) is 4.39 Å². The highest BCUT2D eigenvalue weighted by Gasteiger charge is 2.16. The van der Waals surface area contributed by atoms with Crippen molar-refractivity contribution in [3.05, 3.63) is 42.5 Å². The summed E-state index contributed by atoms with van der Waals surface area (Å²) in [5, 5.41) is 12.4. The number of benzene rings is 1. The number of hydrogen-bond acceptors (Lipinski definition) is 4. The molecule has 8 heteroatoms. The Balaban J connectivity index is 2.32. The number of halogens is 1. The Hall–Kier alpha value is -1.77. The molecule has 0 bridgehead atoms. The van der Waals surface area contributed by atoms with Gasteiger partial charge < -0.3 is 5.11 Å². The van der Waals surface area contributed by atoms with Gasteiger partial charge >= 0.3 is 0 Å². The zero-order chi connectivity index (χ0) is 13.9. The summed E-state index contributed by atoms with van der Waals surface area (Å²) in [4.78, 5) is -0.0933. The number of aliphatic hydroxyl groups is 1. The molecule has 2 aromatic rings. The SMILES string of the molecule is O=S(=O)(NCCO)c1cnn(-c2ccccc2F)c1. The molecule has 0 radical (unpaired) electrons. The first kappa shape index (κ1) is 13.7. The smallest absolute Gasteiger partial charge is 0.243 e. The Kier molecular flexibility index (Phi) is 3.93. The maximum absolute atomic E-state index is 13.5. The average Bonchev–Trinajstić information content (AvgIpc) is 2.87. The molecular formula is C11H12FN3O3S. The number of hydrogen-bond donors (Lipinski definition) is 2. The highest BCUT2D eigenvalue weighted by Crippen LogP contribution is 2.14. The first-order valence-electron chi connectivity index (χ1n) is 5.45. The minimum atomic E-state index is -3.74. The minimum absolute atomic E-state index is 0.0901. The van der Waals surface area contributed by atoms with Crippen molar-refractivity contribution in [1.82, 2.24) is 14.5 Å². The van der Waals surface area contributed by atoms with Gasteiger partial charge in [0.05, 0.1) is 19.0 Å². The molecule has 2 N–H and O–H groups in total. The largest absolute Gasteiger partial charge is 0.395 e. The number of aromatic nitrogens is 2.